The van der Waals surface area contributed by atoms with E-state index >= 15 is 0 Å². The highest BCUT2D eigenvalue weighted by atomic mass is 32.2. The molecule has 0 amide bonds. The third-order valence-electron chi connectivity index (χ3n) is 24.5. The molecule has 124 heavy (non-hydrogen) atoms. The summed E-state index contributed by atoms with van der Waals surface area (Å²) in [5.74, 6) is 25.9. The van der Waals surface area contributed by atoms with Gasteiger partial charge in [0.1, 0.15) is 80.5 Å². The van der Waals surface area contributed by atoms with E-state index in [4.69, 9.17) is 0 Å². The highest BCUT2D eigenvalue weighted by Gasteiger charge is 2.34. The lowest BCUT2D eigenvalue weighted by Crippen LogP contribution is -2.20. The Bertz CT molecular complexity index is 4610. The van der Waals surface area contributed by atoms with Gasteiger partial charge in [-0.05, 0) is 263 Å². The quantitative estimate of drug-likeness (QED) is 0.0354. The molecule has 7 fully saturated rings. The van der Waals surface area contributed by atoms with E-state index in [9.17, 15) is 33.6 Å². The fourth-order valence-corrected chi connectivity index (χ4v) is 31.4. The molecule has 1 aliphatic carbocycles. The zero-order valence-corrected chi connectivity index (χ0v) is 81.8. The van der Waals surface area contributed by atoms with Crippen molar-refractivity contribution >= 4 is 128 Å². The summed E-state index contributed by atoms with van der Waals surface area (Å²) in [5, 5.41) is 2.34. The predicted octanol–water partition coefficient (Wildman–Crippen LogP) is 24.3. The van der Waals surface area contributed by atoms with Crippen LogP contribution in [0.4, 0.5) is 0 Å². The van der Waals surface area contributed by atoms with Gasteiger partial charge >= 0.3 is 0 Å². The largest absolute Gasteiger partial charge is 0.289 e. The lowest BCUT2D eigenvalue weighted by atomic mass is 9.84. The molecule has 0 atom stereocenters. The van der Waals surface area contributed by atoms with Crippen molar-refractivity contribution in [2.75, 3.05) is 121 Å². The molecule has 1 saturated carbocycles. The van der Waals surface area contributed by atoms with Gasteiger partial charge in [-0.25, -0.2) is 0 Å². The Hall–Kier alpha value is -6.62. The average molecular weight is 1800 g/mol. The molecule has 7 nitrogen and oxygen atoms in total. The number of benzene rings is 9. The first-order chi connectivity index (χ1) is 60.2. The van der Waals surface area contributed by atoms with Gasteiger partial charge in [0.15, 0.2) is 40.3 Å². The number of aryl methyl sites for hydroxylation is 3. The van der Waals surface area contributed by atoms with E-state index < -0.39 is 0 Å². The Kier molecular flexibility index (Phi) is 43.3. The van der Waals surface area contributed by atoms with Crippen molar-refractivity contribution in [1.82, 2.24) is 0 Å². The second-order valence-corrected chi connectivity index (χ2v) is 52.0. The van der Waals surface area contributed by atoms with Crippen molar-refractivity contribution in [3.8, 4) is 11.1 Å². The van der Waals surface area contributed by atoms with E-state index in [1.807, 2.05) is 147 Å². The molecule has 16 rings (SSSR count). The fraction of sp³-hybridized carbons (Fsp3) is 0.464. The van der Waals surface area contributed by atoms with E-state index in [1.54, 1.807) is 0 Å². The van der Waals surface area contributed by atoms with Gasteiger partial charge in [-0.15, -0.1) is 0 Å². The number of ketones is 7. The van der Waals surface area contributed by atoms with E-state index in [1.165, 1.54) is 235 Å². The predicted molar refractivity (Wildman–Crippen MR) is 551 cm³/mol. The maximum absolute atomic E-state index is 12.3. The van der Waals surface area contributed by atoms with Gasteiger partial charge in [0.05, 0.1) is 0 Å². The minimum absolute atomic E-state index is 0.161. The molecule has 9 aromatic carbocycles. The summed E-state index contributed by atoms with van der Waals surface area (Å²) < 4.78 is 0. The molecule has 7 aliphatic rings. The molecule has 6 aliphatic heterocycles. The molecule has 0 N–H and O–H groups in total. The minimum Gasteiger partial charge on any atom is -0.289 e. The van der Waals surface area contributed by atoms with Gasteiger partial charge in [0.25, 0.3) is 0 Å². The summed E-state index contributed by atoms with van der Waals surface area (Å²) >= 11 is 0. The summed E-state index contributed by atoms with van der Waals surface area (Å²) in [4.78, 5) is 84.9. The lowest BCUT2D eigenvalue weighted by molar-refractivity contribution is 0.101. The summed E-state index contributed by atoms with van der Waals surface area (Å²) in [6.45, 7) is 17.2. The van der Waals surface area contributed by atoms with Crippen LogP contribution in [0.25, 0.3) is 21.9 Å². The average Bonchev–Trinajstić information content (AvgIpc) is 1.27. The van der Waals surface area contributed by atoms with Gasteiger partial charge in [-0.1, -0.05) is 277 Å². The Morgan fingerprint density at radius 1 is 0.315 bits per heavy atom. The number of hydrogen-bond acceptors (Lipinski definition) is 7. The Morgan fingerprint density at radius 2 is 0.621 bits per heavy atom. The van der Waals surface area contributed by atoms with E-state index in [-0.39, 0.29) is 22.1 Å². The third-order valence-corrected chi connectivity index (χ3v) is 41.2. The second-order valence-electron chi connectivity index (χ2n) is 35.4. The number of unbranched alkanes of at least 4 members (excludes halogenated alkanes) is 1. The summed E-state index contributed by atoms with van der Waals surface area (Å²) in [6, 6.07) is 73.5. The number of carbonyl (C=O) groups is 7. The first kappa shape index (κ1) is 99.5. The molecule has 14 heteroatoms. The van der Waals surface area contributed by atoms with Crippen LogP contribution in [-0.4, -0.2) is 161 Å². The van der Waals surface area contributed by atoms with Gasteiger partial charge in [0, 0.05) is 38.9 Å². The molecule has 0 spiro atoms. The molecule has 0 unspecified atom stereocenters. The van der Waals surface area contributed by atoms with E-state index in [0.29, 0.717) is 106 Å². The topological polar surface area (TPSA) is 119 Å². The van der Waals surface area contributed by atoms with Gasteiger partial charge in [-0.3, -0.25) is 33.6 Å². The van der Waals surface area contributed by atoms with Crippen LogP contribution in [-0.2, 0) is 88.1 Å². The third kappa shape index (κ3) is 34.4. The molecular formula is C110H143O7S7+7. The Labute approximate surface area is 766 Å². The molecular weight excluding hydrogens is 1660 g/mol. The van der Waals surface area contributed by atoms with Crippen LogP contribution in [0.2, 0.25) is 0 Å². The monoisotopic (exact) mass is 1800 g/mol. The molecule has 6 saturated heterocycles. The van der Waals surface area contributed by atoms with Gasteiger partial charge in [0.2, 0.25) is 40.5 Å². The molecule has 0 aromatic heterocycles. The normalized spacial score (nSPS) is 16.4. The minimum atomic E-state index is 0.161. The van der Waals surface area contributed by atoms with Crippen LogP contribution in [0.3, 0.4) is 0 Å². The van der Waals surface area contributed by atoms with E-state index in [2.05, 4.69) is 126 Å². The summed E-state index contributed by atoms with van der Waals surface area (Å²) in [6.07, 6.45) is 26.3. The smallest absolute Gasteiger partial charge is 0.211 e. The van der Waals surface area contributed by atoms with Crippen molar-refractivity contribution in [2.45, 2.75) is 195 Å². The zero-order valence-electron chi connectivity index (χ0n) is 76.1. The summed E-state index contributed by atoms with van der Waals surface area (Å²) in [7, 11) is 2.51. The Morgan fingerprint density at radius 3 is 0.968 bits per heavy atom. The highest BCUT2D eigenvalue weighted by Crippen LogP contribution is 2.34. The molecule has 6 heterocycles. The van der Waals surface area contributed by atoms with Crippen LogP contribution >= 0.6 is 0 Å². The van der Waals surface area contributed by atoms with Crippen LogP contribution in [0.5, 0.6) is 0 Å². The second kappa shape index (κ2) is 54.0. The maximum atomic E-state index is 12.3. The van der Waals surface area contributed by atoms with Crippen LogP contribution in [0, 0.1) is 13.8 Å². The number of Topliss-reactive ketones (excluding diaryl/α,β-unsaturated/α-hetero) is 7. The number of carbonyl (C=O) groups excluding carboxylic acids is 7. The van der Waals surface area contributed by atoms with Crippen molar-refractivity contribution in [2.24, 2.45) is 0 Å². The SMILES string of the molecule is CC(C)(C)c1ccc(C(=O)C[S+]2CCCC2)cc1.CCCCc1ccc(C(=O)C[S+]2CCCC2)cc1.CC[S+](CC)CC(=O)c1ccc2ccccc2c1.Cc1ccc(C(=O)C[S+]2CCCC2)cc1.Cc1ccc(C(=O)C[S+]2CCCC2)cc1.O=C(C[S+]1CCCC1)c1ccc(-c2ccccc2)cc1.O=C(C[S+]1CCCC1)c1ccc(C2CCCCC2)cc1. The van der Waals surface area contributed by atoms with Gasteiger partial charge in [-0.2, -0.15) is 0 Å². The van der Waals surface area contributed by atoms with E-state index in [0.717, 1.165) is 103 Å². The highest BCUT2D eigenvalue weighted by molar-refractivity contribution is 7.99. The van der Waals surface area contributed by atoms with Crippen LogP contribution in [0.15, 0.2) is 218 Å². The first-order valence-electron chi connectivity index (χ1n) is 46.5. The molecule has 0 radical (unpaired) electrons. The van der Waals surface area contributed by atoms with Crippen molar-refractivity contribution in [3.63, 3.8) is 0 Å². The first-order valence-corrected chi connectivity index (χ1v) is 58.6. The fourth-order valence-electron chi connectivity index (χ4n) is 16.5. The standard InChI is InChI=1S/C18H25OS.C18H19OS.C16H23OS.C16H19OS.C16H23OS.2C13H17OS/c2*19-18(14-20-12-4-5-13-20)17-10-8-16(9-11-17)15-6-2-1-3-7-15;1-16(2,3)14-8-6-13(7-9-14)15(17)12-18-10-4-5-11-18;1-3-18(4-2)12-16(17)15-10-9-13-7-5-6-8-14(13)11-15;1-2-3-6-14-7-9-15(10-8-14)16(17)13-18-11-4-5-12-18;2*1-11-4-6-12(7-5-11)13(14)10-15-8-2-3-9-15/h8-11,15H,1-7,12-14H2;1-3,6-11H,4-5,12-14H2;6-9H,4-5,10-12H2,1-3H3;5-11H,3-4,12H2,1-2H3;7-10H,2-6,11-13H2,1H3;2*4-7H,2-3,8-10H2,1H3/q7*+1. The number of rotatable bonds is 28. The molecule has 9 aromatic rings. The Balaban J connectivity index is 0.000000152. The van der Waals surface area contributed by atoms with Crippen LogP contribution < -0.4 is 0 Å². The zero-order chi connectivity index (χ0) is 87.8. The lowest BCUT2D eigenvalue weighted by Gasteiger charge is -2.21. The van der Waals surface area contributed by atoms with Crippen molar-refractivity contribution in [3.05, 3.63) is 285 Å². The summed E-state index contributed by atoms with van der Waals surface area (Å²) in [5.41, 5.74) is 15.3. The molecule has 0 bridgehead atoms. The van der Waals surface area contributed by atoms with Crippen molar-refractivity contribution in [1.29, 1.82) is 0 Å². The van der Waals surface area contributed by atoms with Gasteiger partial charge < -0.3 is 0 Å². The number of hydrogen-bond donors (Lipinski definition) is 0. The van der Waals surface area contributed by atoms with Crippen LogP contribution in [0.1, 0.15) is 270 Å². The number of fused-ring (bicyclic) bond motifs is 1. The maximum Gasteiger partial charge on any atom is 0.211 e. The van der Waals surface area contributed by atoms with Crippen molar-refractivity contribution < 1.29 is 33.6 Å². The molecule has 660 valence electrons.